The third kappa shape index (κ3) is 4.49. The van der Waals surface area contributed by atoms with E-state index in [1.165, 1.54) is 12.8 Å². The molecule has 142 valence electrons. The van der Waals surface area contributed by atoms with E-state index in [-0.39, 0.29) is 6.42 Å². The van der Waals surface area contributed by atoms with Gasteiger partial charge in [-0.15, -0.1) is 0 Å². The second-order valence-electron chi connectivity index (χ2n) is 7.08. The van der Waals surface area contributed by atoms with Gasteiger partial charge in [0.25, 0.3) is 0 Å². The Labute approximate surface area is 162 Å². The number of benzene rings is 1. The molecule has 1 aliphatic rings. The van der Waals surface area contributed by atoms with Gasteiger partial charge in [0.15, 0.2) is 0 Å². The third-order valence-electron chi connectivity index (χ3n) is 4.60. The van der Waals surface area contributed by atoms with Gasteiger partial charge < -0.3 is 10.4 Å². The van der Waals surface area contributed by atoms with Crippen molar-refractivity contribution >= 4 is 17.6 Å². The Morgan fingerprint density at radius 2 is 2.04 bits per heavy atom. The van der Waals surface area contributed by atoms with Crippen LogP contribution >= 0.6 is 0 Å². The lowest BCUT2D eigenvalue weighted by Gasteiger charge is -2.10. The molecule has 0 atom stereocenters. The number of aliphatic carboxylic acids is 1. The molecule has 1 aliphatic carbocycles. The van der Waals surface area contributed by atoms with Gasteiger partial charge in [0.05, 0.1) is 24.0 Å². The van der Waals surface area contributed by atoms with Gasteiger partial charge in [0.1, 0.15) is 0 Å². The topological polar surface area (TPSA) is 101 Å². The van der Waals surface area contributed by atoms with Crippen LogP contribution in [0, 0.1) is 6.92 Å². The summed E-state index contributed by atoms with van der Waals surface area (Å²) in [6.07, 6.45) is 7.93. The van der Waals surface area contributed by atoms with Crippen LogP contribution in [-0.2, 0) is 11.2 Å². The summed E-state index contributed by atoms with van der Waals surface area (Å²) < 4.78 is 0. The van der Waals surface area contributed by atoms with Crippen molar-refractivity contribution in [3.63, 3.8) is 0 Å². The van der Waals surface area contributed by atoms with E-state index in [0.29, 0.717) is 24.0 Å². The molecular weight excluding hydrogens is 354 g/mol. The highest BCUT2D eigenvalue weighted by atomic mass is 16.4. The van der Waals surface area contributed by atoms with Gasteiger partial charge in [-0.1, -0.05) is 0 Å². The fourth-order valence-corrected chi connectivity index (χ4v) is 3.04. The predicted molar refractivity (Wildman–Crippen MR) is 105 cm³/mol. The summed E-state index contributed by atoms with van der Waals surface area (Å²) in [5.41, 5.74) is 5.39. The molecule has 4 rings (SSSR count). The number of nitrogens with zero attached hydrogens (tertiary/aromatic N) is 4. The first-order valence-electron chi connectivity index (χ1n) is 9.31. The molecule has 0 unspecified atom stereocenters. The first-order chi connectivity index (χ1) is 13.6. The number of carboxylic acid groups (broad SMARTS) is 1. The van der Waals surface area contributed by atoms with Crippen molar-refractivity contribution in [3.05, 3.63) is 59.8 Å². The monoisotopic (exact) mass is 375 g/mol. The molecule has 3 aromatic rings. The molecule has 0 aliphatic heterocycles. The van der Waals surface area contributed by atoms with Gasteiger partial charge in [0, 0.05) is 41.7 Å². The maximum absolute atomic E-state index is 10.7. The molecule has 7 nitrogen and oxygen atoms in total. The maximum Gasteiger partial charge on any atom is 0.303 e. The average Bonchev–Trinajstić information content (AvgIpc) is 3.52. The van der Waals surface area contributed by atoms with E-state index in [2.05, 4.69) is 25.3 Å². The van der Waals surface area contributed by atoms with Crippen molar-refractivity contribution in [1.82, 2.24) is 19.9 Å². The molecule has 2 heterocycles. The zero-order chi connectivity index (χ0) is 19.5. The Bertz CT molecular complexity index is 1000. The highest BCUT2D eigenvalue weighted by molar-refractivity contribution is 5.68. The van der Waals surface area contributed by atoms with Gasteiger partial charge in [-0.05, 0) is 49.6 Å². The van der Waals surface area contributed by atoms with Crippen LogP contribution in [-0.4, -0.2) is 31.0 Å². The van der Waals surface area contributed by atoms with Crippen molar-refractivity contribution in [1.29, 1.82) is 0 Å². The summed E-state index contributed by atoms with van der Waals surface area (Å²) in [5, 5.41) is 12.1. The fourth-order valence-electron chi connectivity index (χ4n) is 3.04. The number of aryl methyl sites for hydroxylation is 2. The zero-order valence-corrected chi connectivity index (χ0v) is 15.6. The van der Waals surface area contributed by atoms with Crippen LogP contribution in [0.1, 0.15) is 42.1 Å². The highest BCUT2D eigenvalue weighted by Crippen LogP contribution is 2.39. The van der Waals surface area contributed by atoms with E-state index in [1.807, 2.05) is 31.2 Å². The Kier molecular flexibility index (Phi) is 4.97. The van der Waals surface area contributed by atoms with Gasteiger partial charge in [-0.3, -0.25) is 14.8 Å². The Balaban J connectivity index is 1.53. The van der Waals surface area contributed by atoms with Crippen molar-refractivity contribution in [2.24, 2.45) is 0 Å². The standard InChI is InChI=1S/C21H21N5O2/c1-13-8-15(19-12-23-16(11-24-19)4-5-20(27)28)10-17(9-13)25-21-22-7-6-18(26-21)14-2-3-14/h6-12,14H,2-5H2,1H3,(H,27,28)(H,22,25,26). The van der Waals surface area contributed by atoms with Gasteiger partial charge in [0.2, 0.25) is 5.95 Å². The second-order valence-corrected chi connectivity index (χ2v) is 7.08. The summed E-state index contributed by atoms with van der Waals surface area (Å²) in [4.78, 5) is 28.4. The molecule has 0 saturated heterocycles. The van der Waals surface area contributed by atoms with Crippen molar-refractivity contribution < 1.29 is 9.90 Å². The fraction of sp³-hybridized carbons (Fsp3) is 0.286. The number of nitrogens with one attached hydrogen (secondary N) is 1. The molecule has 0 bridgehead atoms. The van der Waals surface area contributed by atoms with Crippen LogP contribution in [0.15, 0.2) is 42.9 Å². The Morgan fingerprint density at radius 3 is 2.75 bits per heavy atom. The van der Waals surface area contributed by atoms with Crippen LogP contribution < -0.4 is 5.32 Å². The predicted octanol–water partition coefficient (Wildman–Crippen LogP) is 3.88. The van der Waals surface area contributed by atoms with Crippen LogP contribution in [0.5, 0.6) is 0 Å². The molecule has 7 heteroatoms. The lowest BCUT2D eigenvalue weighted by Crippen LogP contribution is -2.01. The minimum absolute atomic E-state index is 0.0481. The summed E-state index contributed by atoms with van der Waals surface area (Å²) in [5.74, 6) is 0.329. The first kappa shape index (κ1) is 18.0. The third-order valence-corrected chi connectivity index (χ3v) is 4.60. The van der Waals surface area contributed by atoms with E-state index in [9.17, 15) is 4.79 Å². The lowest BCUT2D eigenvalue weighted by atomic mass is 10.1. The highest BCUT2D eigenvalue weighted by Gasteiger charge is 2.25. The van der Waals surface area contributed by atoms with Gasteiger partial charge >= 0.3 is 5.97 Å². The molecule has 1 saturated carbocycles. The minimum atomic E-state index is -0.840. The summed E-state index contributed by atoms with van der Waals surface area (Å²) in [6, 6.07) is 8.03. The smallest absolute Gasteiger partial charge is 0.303 e. The van der Waals surface area contributed by atoms with Gasteiger partial charge in [-0.25, -0.2) is 9.97 Å². The summed E-state index contributed by atoms with van der Waals surface area (Å²) in [7, 11) is 0. The minimum Gasteiger partial charge on any atom is -0.481 e. The van der Waals surface area contributed by atoms with Crippen molar-refractivity contribution in [3.8, 4) is 11.3 Å². The summed E-state index contributed by atoms with van der Waals surface area (Å²) >= 11 is 0. The van der Waals surface area contributed by atoms with Gasteiger partial charge in [-0.2, -0.15) is 0 Å². The lowest BCUT2D eigenvalue weighted by molar-refractivity contribution is -0.136. The molecule has 0 radical (unpaired) electrons. The van der Waals surface area contributed by atoms with E-state index in [1.54, 1.807) is 18.6 Å². The molecule has 2 N–H and O–H groups in total. The molecular formula is C21H21N5O2. The second kappa shape index (κ2) is 7.72. The van der Waals surface area contributed by atoms with Crippen molar-refractivity contribution in [2.75, 3.05) is 5.32 Å². The molecule has 0 spiro atoms. The normalized spacial score (nSPS) is 13.3. The maximum atomic E-state index is 10.7. The molecule has 2 aromatic heterocycles. The van der Waals surface area contributed by atoms with E-state index in [4.69, 9.17) is 5.11 Å². The molecule has 0 amide bonds. The van der Waals surface area contributed by atoms with E-state index < -0.39 is 5.97 Å². The summed E-state index contributed by atoms with van der Waals surface area (Å²) in [6.45, 7) is 2.02. The first-order valence-corrected chi connectivity index (χ1v) is 9.31. The largest absolute Gasteiger partial charge is 0.481 e. The SMILES string of the molecule is Cc1cc(Nc2nccc(C3CC3)n2)cc(-c2cnc(CCC(=O)O)cn2)c1. The van der Waals surface area contributed by atoms with Crippen LogP contribution in [0.4, 0.5) is 11.6 Å². The number of carboxylic acids is 1. The number of carbonyl (C=O) groups is 1. The number of hydrogen-bond acceptors (Lipinski definition) is 6. The number of anilines is 2. The van der Waals surface area contributed by atoms with E-state index >= 15 is 0 Å². The number of rotatable bonds is 7. The van der Waals surface area contributed by atoms with Crippen LogP contribution in [0.3, 0.4) is 0 Å². The molecule has 1 fully saturated rings. The average molecular weight is 375 g/mol. The zero-order valence-electron chi connectivity index (χ0n) is 15.6. The van der Waals surface area contributed by atoms with Crippen molar-refractivity contribution in [2.45, 2.75) is 38.5 Å². The number of hydrogen-bond donors (Lipinski definition) is 2. The Morgan fingerprint density at radius 1 is 1.18 bits per heavy atom. The Hall–Kier alpha value is -3.35. The molecule has 1 aromatic carbocycles. The molecule has 28 heavy (non-hydrogen) atoms. The van der Waals surface area contributed by atoms with E-state index in [0.717, 1.165) is 28.2 Å². The van der Waals surface area contributed by atoms with Crippen LogP contribution in [0.25, 0.3) is 11.3 Å². The van der Waals surface area contributed by atoms with Crippen LogP contribution in [0.2, 0.25) is 0 Å². The number of aromatic nitrogens is 4. The quantitative estimate of drug-likeness (QED) is 0.646.